The quantitative estimate of drug-likeness (QED) is 0.846. The maximum absolute atomic E-state index is 11.3. The fourth-order valence-corrected chi connectivity index (χ4v) is 2.48. The average Bonchev–Trinajstić information content (AvgIpc) is 2.13. The van der Waals surface area contributed by atoms with Crippen LogP contribution in [0.25, 0.3) is 0 Å². The Kier molecular flexibility index (Phi) is 2.75. The lowest BCUT2D eigenvalue weighted by Gasteiger charge is -2.38. The summed E-state index contributed by atoms with van der Waals surface area (Å²) in [5, 5.41) is 9.29. The third-order valence-corrected chi connectivity index (χ3v) is 3.79. The number of carboxylic acid groups (broad SMARTS) is 1. The number of hydrogen-bond donors (Lipinski definition) is 1. The van der Waals surface area contributed by atoms with Crippen LogP contribution in [0.15, 0.2) is 18.2 Å². The SMILES string of the molecule is Cc1ccc(CC2(C(=O)O)CCC2)c(C)c1. The minimum Gasteiger partial charge on any atom is -0.481 e. The molecule has 0 aliphatic heterocycles. The summed E-state index contributed by atoms with van der Waals surface area (Å²) in [5.41, 5.74) is 3.17. The lowest BCUT2D eigenvalue weighted by molar-refractivity contribution is -0.154. The minimum absolute atomic E-state index is 0.472. The number of hydrogen-bond acceptors (Lipinski definition) is 1. The highest BCUT2D eigenvalue weighted by molar-refractivity contribution is 5.76. The highest BCUT2D eigenvalue weighted by atomic mass is 16.4. The van der Waals surface area contributed by atoms with E-state index in [0.717, 1.165) is 19.3 Å². The lowest BCUT2D eigenvalue weighted by Crippen LogP contribution is -2.40. The largest absolute Gasteiger partial charge is 0.481 e. The molecule has 0 unspecified atom stereocenters. The normalized spacial score (nSPS) is 17.9. The second-order valence-electron chi connectivity index (χ2n) is 5.05. The maximum Gasteiger partial charge on any atom is 0.309 e. The van der Waals surface area contributed by atoms with Gasteiger partial charge in [-0.25, -0.2) is 0 Å². The topological polar surface area (TPSA) is 37.3 Å². The molecule has 1 aromatic rings. The number of carbonyl (C=O) groups is 1. The monoisotopic (exact) mass is 218 g/mol. The van der Waals surface area contributed by atoms with Gasteiger partial charge >= 0.3 is 5.97 Å². The first-order valence-corrected chi connectivity index (χ1v) is 5.83. The van der Waals surface area contributed by atoms with Crippen LogP contribution in [-0.4, -0.2) is 11.1 Å². The summed E-state index contributed by atoms with van der Waals surface area (Å²) in [6.45, 7) is 4.13. The molecule has 2 rings (SSSR count). The molecule has 1 aliphatic rings. The number of aryl methyl sites for hydroxylation is 2. The second kappa shape index (κ2) is 3.93. The molecule has 0 heterocycles. The van der Waals surface area contributed by atoms with Gasteiger partial charge in [0.15, 0.2) is 0 Å². The second-order valence-corrected chi connectivity index (χ2v) is 5.05. The summed E-state index contributed by atoms with van der Waals surface area (Å²) in [4.78, 5) is 11.3. The third kappa shape index (κ3) is 1.84. The van der Waals surface area contributed by atoms with Gasteiger partial charge in [-0.3, -0.25) is 4.79 Å². The van der Waals surface area contributed by atoms with Crippen LogP contribution in [0.3, 0.4) is 0 Å². The van der Waals surface area contributed by atoms with Gasteiger partial charge in [-0.15, -0.1) is 0 Å². The molecule has 1 aliphatic carbocycles. The molecule has 16 heavy (non-hydrogen) atoms. The molecule has 0 atom stereocenters. The van der Waals surface area contributed by atoms with Crippen LogP contribution in [-0.2, 0) is 11.2 Å². The smallest absolute Gasteiger partial charge is 0.309 e. The van der Waals surface area contributed by atoms with Crippen molar-refractivity contribution in [3.63, 3.8) is 0 Å². The Bertz CT molecular complexity index is 417. The summed E-state index contributed by atoms with van der Waals surface area (Å²) < 4.78 is 0. The maximum atomic E-state index is 11.3. The van der Waals surface area contributed by atoms with Crippen molar-refractivity contribution in [2.24, 2.45) is 5.41 Å². The molecule has 0 radical (unpaired) electrons. The van der Waals surface area contributed by atoms with E-state index >= 15 is 0 Å². The van der Waals surface area contributed by atoms with Crippen LogP contribution in [0.4, 0.5) is 0 Å². The molecule has 0 bridgehead atoms. The highest BCUT2D eigenvalue weighted by Crippen LogP contribution is 2.44. The van der Waals surface area contributed by atoms with Gasteiger partial charge < -0.3 is 5.11 Å². The van der Waals surface area contributed by atoms with Crippen molar-refractivity contribution in [3.05, 3.63) is 34.9 Å². The first-order chi connectivity index (χ1) is 7.53. The molecule has 1 saturated carbocycles. The Morgan fingerprint density at radius 2 is 2.06 bits per heavy atom. The van der Waals surface area contributed by atoms with E-state index < -0.39 is 11.4 Å². The predicted octanol–water partition coefficient (Wildman–Crippen LogP) is 3.10. The zero-order valence-electron chi connectivity index (χ0n) is 9.92. The molecule has 0 amide bonds. The predicted molar refractivity (Wildman–Crippen MR) is 63.5 cm³/mol. The number of benzene rings is 1. The highest BCUT2D eigenvalue weighted by Gasteiger charge is 2.44. The summed E-state index contributed by atoms with van der Waals surface area (Å²) >= 11 is 0. The van der Waals surface area contributed by atoms with E-state index in [0.29, 0.717) is 6.42 Å². The lowest BCUT2D eigenvalue weighted by atomic mass is 9.65. The minimum atomic E-state index is -0.626. The Hall–Kier alpha value is -1.31. The molecule has 0 spiro atoms. The van der Waals surface area contributed by atoms with Crippen LogP contribution < -0.4 is 0 Å². The van der Waals surface area contributed by atoms with E-state index in [-0.39, 0.29) is 0 Å². The van der Waals surface area contributed by atoms with Crippen LogP contribution in [0.5, 0.6) is 0 Å². The van der Waals surface area contributed by atoms with Gasteiger partial charge in [-0.05, 0) is 44.2 Å². The van der Waals surface area contributed by atoms with Crippen molar-refractivity contribution in [2.45, 2.75) is 39.5 Å². The first kappa shape index (κ1) is 11.2. The molecule has 2 heteroatoms. The zero-order valence-corrected chi connectivity index (χ0v) is 9.92. The zero-order chi connectivity index (χ0) is 11.8. The van der Waals surface area contributed by atoms with E-state index in [1.807, 2.05) is 0 Å². The van der Waals surface area contributed by atoms with Crippen LogP contribution in [0.1, 0.15) is 36.0 Å². The molecule has 0 aromatic heterocycles. The standard InChI is InChI=1S/C14H18O2/c1-10-4-5-12(11(2)8-10)9-14(13(15)16)6-3-7-14/h4-5,8H,3,6-7,9H2,1-2H3,(H,15,16). The average molecular weight is 218 g/mol. The van der Waals surface area contributed by atoms with Crippen molar-refractivity contribution in [1.82, 2.24) is 0 Å². The third-order valence-electron chi connectivity index (χ3n) is 3.79. The molecule has 2 nitrogen and oxygen atoms in total. The van der Waals surface area contributed by atoms with Gasteiger partial charge in [-0.2, -0.15) is 0 Å². The molecule has 1 aromatic carbocycles. The van der Waals surface area contributed by atoms with E-state index in [2.05, 4.69) is 32.0 Å². The van der Waals surface area contributed by atoms with Gasteiger partial charge in [0, 0.05) is 0 Å². The summed E-state index contributed by atoms with van der Waals surface area (Å²) in [6.07, 6.45) is 3.40. The van der Waals surface area contributed by atoms with Crippen LogP contribution in [0.2, 0.25) is 0 Å². The molecular weight excluding hydrogens is 200 g/mol. The Balaban J connectivity index is 2.23. The molecular formula is C14H18O2. The number of aliphatic carboxylic acids is 1. The van der Waals surface area contributed by atoms with Crippen LogP contribution >= 0.6 is 0 Å². The Morgan fingerprint density at radius 1 is 1.38 bits per heavy atom. The van der Waals surface area contributed by atoms with Gasteiger partial charge in [0.2, 0.25) is 0 Å². The summed E-state index contributed by atoms with van der Waals surface area (Å²) in [7, 11) is 0. The first-order valence-electron chi connectivity index (χ1n) is 5.83. The van der Waals surface area contributed by atoms with Crippen molar-refractivity contribution in [1.29, 1.82) is 0 Å². The summed E-state index contributed by atoms with van der Waals surface area (Å²) in [6, 6.07) is 6.27. The Labute approximate surface area is 96.3 Å². The van der Waals surface area contributed by atoms with E-state index in [1.165, 1.54) is 16.7 Å². The summed E-state index contributed by atoms with van der Waals surface area (Å²) in [5.74, 6) is -0.626. The van der Waals surface area contributed by atoms with Gasteiger partial charge in [-0.1, -0.05) is 30.2 Å². The fourth-order valence-electron chi connectivity index (χ4n) is 2.48. The van der Waals surface area contributed by atoms with Crippen molar-refractivity contribution in [2.75, 3.05) is 0 Å². The van der Waals surface area contributed by atoms with E-state index in [1.54, 1.807) is 0 Å². The fraction of sp³-hybridized carbons (Fsp3) is 0.500. The van der Waals surface area contributed by atoms with Gasteiger partial charge in [0.25, 0.3) is 0 Å². The van der Waals surface area contributed by atoms with Gasteiger partial charge in [0.05, 0.1) is 5.41 Å². The van der Waals surface area contributed by atoms with Crippen LogP contribution in [0, 0.1) is 19.3 Å². The molecule has 0 saturated heterocycles. The molecule has 1 N–H and O–H groups in total. The van der Waals surface area contributed by atoms with E-state index in [4.69, 9.17) is 0 Å². The molecule has 86 valence electrons. The van der Waals surface area contributed by atoms with Crippen molar-refractivity contribution >= 4 is 5.97 Å². The van der Waals surface area contributed by atoms with Crippen molar-refractivity contribution < 1.29 is 9.90 Å². The number of carboxylic acids is 1. The Morgan fingerprint density at radius 3 is 2.50 bits per heavy atom. The van der Waals surface area contributed by atoms with Gasteiger partial charge in [0.1, 0.15) is 0 Å². The van der Waals surface area contributed by atoms with Crippen molar-refractivity contribution in [3.8, 4) is 0 Å². The molecule has 1 fully saturated rings. The number of rotatable bonds is 3. The van der Waals surface area contributed by atoms with E-state index in [9.17, 15) is 9.90 Å².